The van der Waals surface area contributed by atoms with E-state index in [2.05, 4.69) is 16.0 Å². The number of benzene rings is 1. The van der Waals surface area contributed by atoms with Crippen LogP contribution in [0.3, 0.4) is 0 Å². The molecule has 116 valence electrons. The van der Waals surface area contributed by atoms with Gasteiger partial charge in [0.25, 0.3) is 0 Å². The monoisotopic (exact) mass is 291 g/mol. The zero-order valence-electron chi connectivity index (χ0n) is 13.0. The van der Waals surface area contributed by atoms with Crippen LogP contribution < -0.4 is 16.0 Å². The van der Waals surface area contributed by atoms with E-state index in [0.29, 0.717) is 6.54 Å². The summed E-state index contributed by atoms with van der Waals surface area (Å²) in [4.78, 5) is 23.0. The second kappa shape index (κ2) is 9.13. The number of carbonyl (C=O) groups is 2. The quantitative estimate of drug-likeness (QED) is 0.644. The van der Waals surface area contributed by atoms with E-state index in [1.54, 1.807) is 14.0 Å². The van der Waals surface area contributed by atoms with E-state index in [4.69, 9.17) is 0 Å². The van der Waals surface area contributed by atoms with Gasteiger partial charge in [-0.25, -0.2) is 4.79 Å². The first-order valence-corrected chi connectivity index (χ1v) is 7.32. The number of rotatable bonds is 8. The second-order valence-electron chi connectivity index (χ2n) is 5.14. The molecule has 0 radical (unpaired) electrons. The van der Waals surface area contributed by atoms with E-state index >= 15 is 0 Å². The molecule has 0 bridgehead atoms. The van der Waals surface area contributed by atoms with Crippen molar-refractivity contribution in [2.45, 2.75) is 39.2 Å². The van der Waals surface area contributed by atoms with Crippen LogP contribution in [-0.4, -0.2) is 31.4 Å². The number of anilines is 1. The molecule has 0 saturated heterocycles. The molecule has 1 aromatic carbocycles. The lowest BCUT2D eigenvalue weighted by Gasteiger charge is -2.12. The molecule has 21 heavy (non-hydrogen) atoms. The molecule has 2 amide bonds. The molecule has 0 aliphatic heterocycles. The average Bonchev–Trinajstić information content (AvgIpc) is 2.45. The van der Waals surface area contributed by atoms with Crippen molar-refractivity contribution in [3.05, 3.63) is 29.8 Å². The molecule has 1 unspecified atom stereocenters. The van der Waals surface area contributed by atoms with Crippen LogP contribution in [0, 0.1) is 6.92 Å². The van der Waals surface area contributed by atoms with Gasteiger partial charge in [-0.15, -0.1) is 0 Å². The molecule has 0 aromatic heterocycles. The zero-order chi connectivity index (χ0) is 15.7. The van der Waals surface area contributed by atoms with E-state index in [9.17, 15) is 9.59 Å². The minimum atomic E-state index is -0.193. The van der Waals surface area contributed by atoms with Crippen molar-refractivity contribution in [2.75, 3.05) is 18.9 Å². The molecule has 0 aliphatic carbocycles. The third-order valence-electron chi connectivity index (χ3n) is 3.44. The average molecular weight is 291 g/mol. The molecule has 1 rings (SSSR count). The number of Topliss-reactive ketones (excluding diaryl/α,β-unsaturated/α-hetero) is 1. The van der Waals surface area contributed by atoms with Crippen LogP contribution in [0.25, 0.3) is 0 Å². The van der Waals surface area contributed by atoms with E-state index in [1.807, 2.05) is 31.2 Å². The van der Waals surface area contributed by atoms with Gasteiger partial charge in [0, 0.05) is 12.2 Å². The number of carbonyl (C=O) groups excluding carboxylic acids is 2. The Kier molecular flexibility index (Phi) is 7.46. The highest BCUT2D eigenvalue weighted by atomic mass is 16.2. The van der Waals surface area contributed by atoms with Gasteiger partial charge in [0.15, 0.2) is 0 Å². The Labute approximate surface area is 126 Å². The van der Waals surface area contributed by atoms with Gasteiger partial charge in [-0.2, -0.15) is 0 Å². The number of ketones is 1. The first kappa shape index (κ1) is 17.2. The summed E-state index contributed by atoms with van der Waals surface area (Å²) in [5, 5.41) is 8.64. The summed E-state index contributed by atoms with van der Waals surface area (Å²) in [5.74, 6) is 0.155. The second-order valence-corrected chi connectivity index (χ2v) is 5.14. The molecule has 0 aliphatic rings. The minimum Gasteiger partial charge on any atom is -0.338 e. The third kappa shape index (κ3) is 6.40. The molecule has 0 saturated carbocycles. The highest BCUT2D eigenvalue weighted by Gasteiger charge is 2.10. The Balaban J connectivity index is 2.20. The van der Waals surface area contributed by atoms with Crippen molar-refractivity contribution in [3.63, 3.8) is 0 Å². The summed E-state index contributed by atoms with van der Waals surface area (Å²) in [6.45, 7) is 4.15. The smallest absolute Gasteiger partial charge is 0.319 e. The van der Waals surface area contributed by atoms with Crippen molar-refractivity contribution in [2.24, 2.45) is 0 Å². The molecule has 0 heterocycles. The molecule has 3 N–H and O–H groups in total. The third-order valence-corrected chi connectivity index (χ3v) is 3.44. The Morgan fingerprint density at radius 1 is 1.19 bits per heavy atom. The Bertz CT molecular complexity index is 474. The minimum absolute atomic E-state index is 0.0780. The van der Waals surface area contributed by atoms with Crippen LogP contribution in [0.2, 0.25) is 0 Å². The fourth-order valence-electron chi connectivity index (χ4n) is 2.11. The number of hydrogen-bond acceptors (Lipinski definition) is 3. The zero-order valence-corrected chi connectivity index (χ0v) is 13.0. The van der Waals surface area contributed by atoms with E-state index in [0.717, 1.165) is 30.5 Å². The first-order valence-electron chi connectivity index (χ1n) is 7.32. The number of aryl methyl sites for hydroxylation is 1. The molecular formula is C16H25N3O2. The summed E-state index contributed by atoms with van der Waals surface area (Å²) in [7, 11) is 1.79. The maximum atomic E-state index is 11.7. The molecule has 0 fully saturated rings. The highest BCUT2D eigenvalue weighted by Crippen LogP contribution is 2.12. The highest BCUT2D eigenvalue weighted by molar-refractivity contribution is 5.89. The number of nitrogens with one attached hydrogen (secondary N) is 3. The number of urea groups is 1. The lowest BCUT2D eigenvalue weighted by Crippen LogP contribution is -2.33. The van der Waals surface area contributed by atoms with Crippen LogP contribution in [0.15, 0.2) is 24.3 Å². The van der Waals surface area contributed by atoms with E-state index in [-0.39, 0.29) is 17.9 Å². The van der Waals surface area contributed by atoms with Gasteiger partial charge in [-0.1, -0.05) is 18.2 Å². The van der Waals surface area contributed by atoms with Crippen LogP contribution in [-0.2, 0) is 4.79 Å². The fraction of sp³-hybridized carbons (Fsp3) is 0.500. The van der Waals surface area contributed by atoms with E-state index in [1.165, 1.54) is 0 Å². The van der Waals surface area contributed by atoms with Crippen LogP contribution >= 0.6 is 0 Å². The molecule has 5 heteroatoms. The van der Waals surface area contributed by atoms with Gasteiger partial charge in [0.1, 0.15) is 5.78 Å². The van der Waals surface area contributed by atoms with Gasteiger partial charge in [0.2, 0.25) is 0 Å². The first-order chi connectivity index (χ1) is 10.0. The van der Waals surface area contributed by atoms with Gasteiger partial charge < -0.3 is 16.0 Å². The number of amides is 2. The largest absolute Gasteiger partial charge is 0.338 e. The number of para-hydroxylation sites is 1. The van der Waals surface area contributed by atoms with Gasteiger partial charge in [-0.05, 0) is 51.8 Å². The Hall–Kier alpha value is -1.88. The fourth-order valence-corrected chi connectivity index (χ4v) is 2.11. The number of likely N-dealkylation sites (N-methyl/N-ethyl adjacent to an activating group) is 1. The molecule has 1 aromatic rings. The summed E-state index contributed by atoms with van der Waals surface area (Å²) in [6.07, 6.45) is 2.55. The van der Waals surface area contributed by atoms with Crippen molar-refractivity contribution >= 4 is 17.5 Å². The van der Waals surface area contributed by atoms with Crippen LogP contribution in [0.1, 0.15) is 31.7 Å². The standard InChI is InChI=1S/C16H25N3O2/c1-12-8-4-5-9-14(12)19-16(21)18-11-7-6-10-15(17-3)13(2)20/h4-5,8-9,15,17H,6-7,10-11H2,1-3H3,(H2,18,19,21). The maximum absolute atomic E-state index is 11.7. The maximum Gasteiger partial charge on any atom is 0.319 e. The lowest BCUT2D eigenvalue weighted by atomic mass is 10.1. The van der Waals surface area contributed by atoms with Crippen LogP contribution in [0.4, 0.5) is 10.5 Å². The SMILES string of the molecule is CNC(CCCCNC(=O)Nc1ccccc1C)C(C)=O. The lowest BCUT2D eigenvalue weighted by molar-refractivity contribution is -0.119. The number of hydrogen-bond donors (Lipinski definition) is 3. The van der Waals surface area contributed by atoms with Crippen molar-refractivity contribution in [1.82, 2.24) is 10.6 Å². The van der Waals surface area contributed by atoms with Gasteiger partial charge in [-0.3, -0.25) is 4.79 Å². The van der Waals surface area contributed by atoms with Crippen LogP contribution in [0.5, 0.6) is 0 Å². The molecule has 5 nitrogen and oxygen atoms in total. The summed E-state index contributed by atoms with van der Waals surface area (Å²) >= 11 is 0. The van der Waals surface area contributed by atoms with Crippen molar-refractivity contribution < 1.29 is 9.59 Å². The molecular weight excluding hydrogens is 266 g/mol. The van der Waals surface area contributed by atoms with E-state index < -0.39 is 0 Å². The predicted molar refractivity (Wildman–Crippen MR) is 85.6 cm³/mol. The Morgan fingerprint density at radius 2 is 1.90 bits per heavy atom. The van der Waals surface area contributed by atoms with Crippen molar-refractivity contribution in [3.8, 4) is 0 Å². The summed E-state index contributed by atoms with van der Waals surface area (Å²) in [6, 6.07) is 7.38. The molecule has 0 spiro atoms. The van der Waals surface area contributed by atoms with Gasteiger partial charge >= 0.3 is 6.03 Å². The van der Waals surface area contributed by atoms with Gasteiger partial charge in [0.05, 0.1) is 6.04 Å². The number of unbranched alkanes of at least 4 members (excludes halogenated alkanes) is 1. The Morgan fingerprint density at radius 3 is 2.52 bits per heavy atom. The summed E-state index contributed by atoms with van der Waals surface area (Å²) in [5.41, 5.74) is 1.85. The normalized spacial score (nSPS) is 11.8. The van der Waals surface area contributed by atoms with Crippen molar-refractivity contribution in [1.29, 1.82) is 0 Å². The summed E-state index contributed by atoms with van der Waals surface area (Å²) < 4.78 is 0. The predicted octanol–water partition coefficient (Wildman–Crippen LogP) is 2.46. The molecule has 1 atom stereocenters. The topological polar surface area (TPSA) is 70.2 Å².